The molecule has 0 aliphatic heterocycles. The Balaban J connectivity index is 1.97. The van der Waals surface area contributed by atoms with Crippen molar-refractivity contribution in [3.63, 3.8) is 0 Å². The smallest absolute Gasteiger partial charge is 0.313 e. The van der Waals surface area contributed by atoms with Crippen molar-refractivity contribution in [2.45, 2.75) is 25.0 Å². The number of nitrogens with zero attached hydrogens (tertiary/aromatic N) is 2. The van der Waals surface area contributed by atoms with Crippen LogP contribution in [0.3, 0.4) is 0 Å². The van der Waals surface area contributed by atoms with Gasteiger partial charge in [0.2, 0.25) is 0 Å². The molecule has 1 N–H and O–H groups in total. The van der Waals surface area contributed by atoms with Crippen LogP contribution >= 0.6 is 27.7 Å². The standard InChI is InChI=1S/C14H15BrN2O2S/c1-8-4-9(8)6-17-12-5-10(15)2-3-11(12)16-14(17)20-7-13(18)19/h2-3,5,8-9H,4,6-7H2,1H3,(H,18,19). The molecule has 0 radical (unpaired) electrons. The molecule has 0 bridgehead atoms. The van der Waals surface area contributed by atoms with Crippen LogP contribution < -0.4 is 0 Å². The minimum Gasteiger partial charge on any atom is -0.481 e. The Morgan fingerprint density at radius 2 is 2.35 bits per heavy atom. The Bertz CT molecular complexity index is 670. The lowest BCUT2D eigenvalue weighted by molar-refractivity contribution is -0.133. The number of carboxylic acids is 1. The third-order valence-electron chi connectivity index (χ3n) is 3.69. The molecule has 6 heteroatoms. The molecule has 2 unspecified atom stereocenters. The highest BCUT2D eigenvalue weighted by Crippen LogP contribution is 2.40. The molecule has 1 heterocycles. The Kier molecular flexibility index (Phi) is 3.77. The maximum absolute atomic E-state index is 10.8. The SMILES string of the molecule is CC1CC1Cn1c(SCC(=O)O)nc2ccc(Br)cc21. The number of imidazole rings is 1. The molecular weight excluding hydrogens is 340 g/mol. The summed E-state index contributed by atoms with van der Waals surface area (Å²) in [5.41, 5.74) is 2.00. The number of aliphatic carboxylic acids is 1. The van der Waals surface area contributed by atoms with E-state index in [4.69, 9.17) is 5.11 Å². The molecule has 1 aromatic carbocycles. The van der Waals surface area contributed by atoms with Crippen LogP contribution in [0.4, 0.5) is 0 Å². The topological polar surface area (TPSA) is 55.1 Å². The van der Waals surface area contributed by atoms with Gasteiger partial charge in [-0.3, -0.25) is 4.79 Å². The third kappa shape index (κ3) is 2.86. The van der Waals surface area contributed by atoms with E-state index in [1.807, 2.05) is 12.1 Å². The molecule has 1 aliphatic rings. The lowest BCUT2D eigenvalue weighted by atomic mass is 10.3. The van der Waals surface area contributed by atoms with Crippen LogP contribution in [0.1, 0.15) is 13.3 Å². The number of rotatable bonds is 5. The zero-order chi connectivity index (χ0) is 14.3. The number of hydrogen-bond donors (Lipinski definition) is 1. The van der Waals surface area contributed by atoms with E-state index in [9.17, 15) is 4.79 Å². The number of thioether (sulfide) groups is 1. The molecule has 1 aromatic heterocycles. The van der Waals surface area contributed by atoms with E-state index < -0.39 is 5.97 Å². The molecule has 0 spiro atoms. The highest BCUT2D eigenvalue weighted by Gasteiger charge is 2.33. The Hall–Kier alpha value is -1.01. The van der Waals surface area contributed by atoms with Crippen molar-refractivity contribution in [3.8, 4) is 0 Å². The average Bonchev–Trinajstić information content (AvgIpc) is 2.97. The molecule has 3 rings (SSSR count). The van der Waals surface area contributed by atoms with Crippen LogP contribution in [0.25, 0.3) is 11.0 Å². The lowest BCUT2D eigenvalue weighted by Crippen LogP contribution is -2.05. The molecule has 4 nitrogen and oxygen atoms in total. The number of carbonyl (C=O) groups is 1. The summed E-state index contributed by atoms with van der Waals surface area (Å²) in [4.78, 5) is 15.3. The van der Waals surface area contributed by atoms with Gasteiger partial charge in [0.15, 0.2) is 5.16 Å². The maximum Gasteiger partial charge on any atom is 0.313 e. The second kappa shape index (κ2) is 5.41. The minimum absolute atomic E-state index is 0.0463. The summed E-state index contributed by atoms with van der Waals surface area (Å²) in [6.45, 7) is 3.18. The van der Waals surface area contributed by atoms with E-state index in [2.05, 4.69) is 38.5 Å². The predicted molar refractivity (Wildman–Crippen MR) is 83.1 cm³/mol. The fourth-order valence-electron chi connectivity index (χ4n) is 2.37. The zero-order valence-electron chi connectivity index (χ0n) is 11.0. The van der Waals surface area contributed by atoms with Crippen molar-refractivity contribution in [1.29, 1.82) is 0 Å². The fourth-order valence-corrected chi connectivity index (χ4v) is 3.47. The molecule has 0 amide bonds. The van der Waals surface area contributed by atoms with Gasteiger partial charge in [0.1, 0.15) is 0 Å². The third-order valence-corrected chi connectivity index (χ3v) is 5.15. The molecule has 2 atom stereocenters. The monoisotopic (exact) mass is 354 g/mol. The average molecular weight is 355 g/mol. The van der Waals surface area contributed by atoms with Gasteiger partial charge in [0, 0.05) is 11.0 Å². The highest BCUT2D eigenvalue weighted by atomic mass is 79.9. The normalized spacial score (nSPS) is 21.3. The predicted octanol–water partition coefficient (Wildman–Crippen LogP) is 3.63. The number of aromatic nitrogens is 2. The summed E-state index contributed by atoms with van der Waals surface area (Å²) in [5.74, 6) is 0.687. The summed E-state index contributed by atoms with van der Waals surface area (Å²) in [6.07, 6.45) is 1.25. The van der Waals surface area contributed by atoms with Gasteiger partial charge in [-0.2, -0.15) is 0 Å². The molecule has 0 saturated heterocycles. The lowest BCUT2D eigenvalue weighted by Gasteiger charge is -2.07. The van der Waals surface area contributed by atoms with Gasteiger partial charge in [-0.25, -0.2) is 4.98 Å². The van der Waals surface area contributed by atoms with Crippen molar-refractivity contribution in [2.24, 2.45) is 11.8 Å². The van der Waals surface area contributed by atoms with Crippen molar-refractivity contribution >= 4 is 44.7 Å². The van der Waals surface area contributed by atoms with Gasteiger partial charge in [-0.05, 0) is 36.5 Å². The Morgan fingerprint density at radius 3 is 3.00 bits per heavy atom. The van der Waals surface area contributed by atoms with Crippen LogP contribution in [-0.2, 0) is 11.3 Å². The maximum atomic E-state index is 10.8. The van der Waals surface area contributed by atoms with Crippen molar-refractivity contribution in [2.75, 3.05) is 5.75 Å². The van der Waals surface area contributed by atoms with E-state index in [1.54, 1.807) is 0 Å². The summed E-state index contributed by atoms with van der Waals surface area (Å²) < 4.78 is 3.19. The van der Waals surface area contributed by atoms with E-state index >= 15 is 0 Å². The quantitative estimate of drug-likeness (QED) is 0.833. The fraction of sp³-hybridized carbons (Fsp3) is 0.429. The van der Waals surface area contributed by atoms with Crippen LogP contribution in [0.15, 0.2) is 27.8 Å². The van der Waals surface area contributed by atoms with Crippen LogP contribution in [0.2, 0.25) is 0 Å². The second-order valence-electron chi connectivity index (χ2n) is 5.29. The summed E-state index contributed by atoms with van der Waals surface area (Å²) in [7, 11) is 0. The molecule has 106 valence electrons. The molecular formula is C14H15BrN2O2S. The van der Waals surface area contributed by atoms with E-state index in [1.165, 1.54) is 18.2 Å². The first-order chi connectivity index (χ1) is 9.54. The van der Waals surface area contributed by atoms with Gasteiger partial charge in [0.05, 0.1) is 16.8 Å². The largest absolute Gasteiger partial charge is 0.481 e. The number of fused-ring (bicyclic) bond motifs is 1. The first-order valence-electron chi connectivity index (χ1n) is 6.55. The van der Waals surface area contributed by atoms with Crippen molar-refractivity contribution < 1.29 is 9.90 Å². The van der Waals surface area contributed by atoms with Crippen LogP contribution in [0.5, 0.6) is 0 Å². The first-order valence-corrected chi connectivity index (χ1v) is 8.33. The number of halogens is 1. The van der Waals surface area contributed by atoms with Gasteiger partial charge in [0.25, 0.3) is 0 Å². The molecule has 20 heavy (non-hydrogen) atoms. The molecule has 1 fully saturated rings. The zero-order valence-corrected chi connectivity index (χ0v) is 13.4. The highest BCUT2D eigenvalue weighted by molar-refractivity contribution is 9.10. The van der Waals surface area contributed by atoms with E-state index in [-0.39, 0.29) is 5.75 Å². The number of benzene rings is 1. The Labute approximate surface area is 129 Å². The van der Waals surface area contributed by atoms with Crippen molar-refractivity contribution in [1.82, 2.24) is 9.55 Å². The molecule has 1 aliphatic carbocycles. The van der Waals surface area contributed by atoms with Crippen molar-refractivity contribution in [3.05, 3.63) is 22.7 Å². The van der Waals surface area contributed by atoms with Crippen LogP contribution in [-0.4, -0.2) is 26.4 Å². The number of carboxylic acid groups (broad SMARTS) is 1. The van der Waals surface area contributed by atoms with Gasteiger partial charge in [-0.15, -0.1) is 0 Å². The van der Waals surface area contributed by atoms with Gasteiger partial charge >= 0.3 is 5.97 Å². The molecule has 1 saturated carbocycles. The summed E-state index contributed by atoms with van der Waals surface area (Å²) in [6, 6.07) is 5.99. The summed E-state index contributed by atoms with van der Waals surface area (Å²) >= 11 is 4.78. The minimum atomic E-state index is -0.811. The second-order valence-corrected chi connectivity index (χ2v) is 7.15. The van der Waals surface area contributed by atoms with Crippen LogP contribution in [0, 0.1) is 11.8 Å². The van der Waals surface area contributed by atoms with Gasteiger partial charge in [-0.1, -0.05) is 34.6 Å². The Morgan fingerprint density at radius 1 is 1.60 bits per heavy atom. The van der Waals surface area contributed by atoms with E-state index in [0.717, 1.165) is 33.1 Å². The summed E-state index contributed by atoms with van der Waals surface area (Å²) in [5, 5.41) is 9.66. The van der Waals surface area contributed by atoms with Gasteiger partial charge < -0.3 is 9.67 Å². The van der Waals surface area contributed by atoms with E-state index in [0.29, 0.717) is 5.92 Å². The number of hydrogen-bond acceptors (Lipinski definition) is 3. The first kappa shape index (κ1) is 13.9. The molecule has 2 aromatic rings.